The second-order valence-electron chi connectivity index (χ2n) is 5.62. The third-order valence-electron chi connectivity index (χ3n) is 4.04. The number of hydrogen-bond acceptors (Lipinski definition) is 4. The van der Waals surface area contributed by atoms with Crippen LogP contribution in [0, 0.1) is 0 Å². The molecule has 0 aliphatic carbocycles. The highest BCUT2D eigenvalue weighted by Gasteiger charge is 2.12. The average molecular weight is 306 g/mol. The molecular weight excluding hydrogens is 280 g/mol. The predicted octanol–water partition coefficient (Wildman–Crippen LogP) is 2.20. The van der Waals surface area contributed by atoms with Crippen molar-refractivity contribution in [1.29, 1.82) is 0 Å². The lowest BCUT2D eigenvalue weighted by atomic mass is 10.1. The lowest BCUT2D eigenvalue weighted by molar-refractivity contribution is -0.121. The fourth-order valence-electron chi connectivity index (χ4n) is 2.72. The molecule has 122 valence electrons. The van der Waals surface area contributed by atoms with Gasteiger partial charge in [0.25, 0.3) is 0 Å². The van der Waals surface area contributed by atoms with Crippen LogP contribution in [0.1, 0.15) is 31.2 Å². The second-order valence-corrected chi connectivity index (χ2v) is 5.62. The Bertz CT molecular complexity index is 485. The van der Waals surface area contributed by atoms with E-state index in [0.717, 1.165) is 25.2 Å². The Balaban J connectivity index is 1.75. The van der Waals surface area contributed by atoms with Crippen molar-refractivity contribution in [3.05, 3.63) is 23.8 Å². The molecule has 1 heterocycles. The van der Waals surface area contributed by atoms with Crippen LogP contribution in [0.3, 0.4) is 0 Å². The van der Waals surface area contributed by atoms with Crippen molar-refractivity contribution in [2.45, 2.75) is 32.2 Å². The summed E-state index contributed by atoms with van der Waals surface area (Å²) in [5.41, 5.74) is 1.00. The number of nitrogens with one attached hydrogen (secondary N) is 1. The number of likely N-dealkylation sites (tertiary alicyclic amines) is 1. The molecule has 0 unspecified atom stereocenters. The average Bonchev–Trinajstić information content (AvgIpc) is 2.58. The molecule has 1 aliphatic heterocycles. The molecule has 1 aromatic carbocycles. The molecule has 22 heavy (non-hydrogen) atoms. The maximum atomic E-state index is 11.9. The fraction of sp³-hybridized carbons (Fsp3) is 0.588. The van der Waals surface area contributed by atoms with Crippen LogP contribution in [0.5, 0.6) is 11.5 Å². The Hall–Kier alpha value is -1.75. The van der Waals surface area contributed by atoms with E-state index in [-0.39, 0.29) is 5.91 Å². The number of nitrogens with zero attached hydrogens (tertiary/aromatic N) is 1. The zero-order valence-electron chi connectivity index (χ0n) is 13.6. The van der Waals surface area contributed by atoms with E-state index in [1.165, 1.54) is 19.3 Å². The first-order chi connectivity index (χ1) is 10.7. The highest BCUT2D eigenvalue weighted by molar-refractivity contribution is 5.76. The molecular formula is C17H26N2O3. The van der Waals surface area contributed by atoms with Gasteiger partial charge in [-0.25, -0.2) is 0 Å². The summed E-state index contributed by atoms with van der Waals surface area (Å²) < 4.78 is 10.5. The van der Waals surface area contributed by atoms with Crippen LogP contribution in [0.25, 0.3) is 0 Å². The topological polar surface area (TPSA) is 50.8 Å². The highest BCUT2D eigenvalue weighted by Crippen LogP contribution is 2.27. The number of benzene rings is 1. The summed E-state index contributed by atoms with van der Waals surface area (Å²) in [7, 11) is 3.22. The number of piperidine rings is 1. The Morgan fingerprint density at radius 3 is 2.55 bits per heavy atom. The van der Waals surface area contributed by atoms with Gasteiger partial charge in [-0.2, -0.15) is 0 Å². The van der Waals surface area contributed by atoms with Crippen molar-refractivity contribution in [2.24, 2.45) is 0 Å². The first-order valence-electron chi connectivity index (χ1n) is 7.93. The van der Waals surface area contributed by atoms with E-state index in [1.807, 2.05) is 18.2 Å². The zero-order chi connectivity index (χ0) is 15.8. The molecule has 1 aliphatic rings. The van der Waals surface area contributed by atoms with Gasteiger partial charge in [0.1, 0.15) is 0 Å². The van der Waals surface area contributed by atoms with Gasteiger partial charge >= 0.3 is 0 Å². The first-order valence-corrected chi connectivity index (χ1v) is 7.93. The zero-order valence-corrected chi connectivity index (χ0v) is 13.6. The van der Waals surface area contributed by atoms with Crippen LogP contribution in [-0.2, 0) is 11.3 Å². The standard InChI is InChI=1S/C17H26N2O3/c1-21-15-7-6-14(12-16(15)22-2)13-18-17(20)8-11-19-9-4-3-5-10-19/h6-7,12H,3-5,8-11,13H2,1-2H3,(H,18,20). The molecule has 5 nitrogen and oxygen atoms in total. The molecule has 0 atom stereocenters. The number of carbonyl (C=O) groups excluding carboxylic acids is 1. The van der Waals surface area contributed by atoms with Gasteiger partial charge in [-0.3, -0.25) is 4.79 Å². The number of amides is 1. The maximum Gasteiger partial charge on any atom is 0.221 e. The number of hydrogen-bond donors (Lipinski definition) is 1. The first kappa shape index (κ1) is 16.6. The molecule has 1 amide bonds. The lowest BCUT2D eigenvalue weighted by Gasteiger charge is -2.25. The van der Waals surface area contributed by atoms with E-state index < -0.39 is 0 Å². The van der Waals surface area contributed by atoms with Gasteiger partial charge in [-0.15, -0.1) is 0 Å². The molecule has 0 spiro atoms. The summed E-state index contributed by atoms with van der Waals surface area (Å²) in [5.74, 6) is 1.48. The summed E-state index contributed by atoms with van der Waals surface area (Å²) in [5, 5.41) is 2.97. The Morgan fingerprint density at radius 1 is 1.14 bits per heavy atom. The minimum atomic E-state index is 0.0976. The lowest BCUT2D eigenvalue weighted by Crippen LogP contribution is -2.34. The predicted molar refractivity (Wildman–Crippen MR) is 86.3 cm³/mol. The third kappa shape index (κ3) is 4.91. The van der Waals surface area contributed by atoms with Crippen molar-refractivity contribution in [2.75, 3.05) is 33.9 Å². The van der Waals surface area contributed by atoms with Crippen LogP contribution >= 0.6 is 0 Å². The van der Waals surface area contributed by atoms with E-state index in [0.29, 0.717) is 24.5 Å². The molecule has 5 heteroatoms. The fourth-order valence-corrected chi connectivity index (χ4v) is 2.72. The van der Waals surface area contributed by atoms with Crippen LogP contribution in [0.2, 0.25) is 0 Å². The van der Waals surface area contributed by atoms with Gasteiger partial charge in [0.2, 0.25) is 5.91 Å². The summed E-state index contributed by atoms with van der Waals surface area (Å²) in [6, 6.07) is 5.68. The third-order valence-corrected chi connectivity index (χ3v) is 4.04. The van der Waals surface area contributed by atoms with Crippen molar-refractivity contribution >= 4 is 5.91 Å². The molecule has 0 bridgehead atoms. The number of carbonyl (C=O) groups is 1. The number of methoxy groups -OCH3 is 2. The molecule has 0 aromatic heterocycles. The van der Waals surface area contributed by atoms with Crippen LogP contribution in [0.4, 0.5) is 0 Å². The molecule has 1 fully saturated rings. The van der Waals surface area contributed by atoms with E-state index in [4.69, 9.17) is 9.47 Å². The van der Waals surface area contributed by atoms with Crippen LogP contribution in [0.15, 0.2) is 18.2 Å². The van der Waals surface area contributed by atoms with Gasteiger partial charge < -0.3 is 19.7 Å². The molecule has 2 rings (SSSR count). The van der Waals surface area contributed by atoms with Crippen molar-refractivity contribution in [3.63, 3.8) is 0 Å². The van der Waals surface area contributed by atoms with E-state index in [9.17, 15) is 4.79 Å². The SMILES string of the molecule is COc1ccc(CNC(=O)CCN2CCCCC2)cc1OC. The summed E-state index contributed by atoms with van der Waals surface area (Å²) in [6.07, 6.45) is 4.40. The second kappa shape index (κ2) is 8.63. The van der Waals surface area contributed by atoms with E-state index >= 15 is 0 Å². The Kier molecular flexibility index (Phi) is 6.52. The van der Waals surface area contributed by atoms with Gasteiger partial charge in [-0.1, -0.05) is 12.5 Å². The van der Waals surface area contributed by atoms with E-state index in [1.54, 1.807) is 14.2 Å². The molecule has 0 saturated carbocycles. The van der Waals surface area contributed by atoms with Gasteiger partial charge in [0, 0.05) is 19.5 Å². The minimum absolute atomic E-state index is 0.0976. The van der Waals surface area contributed by atoms with Crippen molar-refractivity contribution in [1.82, 2.24) is 10.2 Å². The largest absolute Gasteiger partial charge is 0.493 e. The van der Waals surface area contributed by atoms with Crippen LogP contribution < -0.4 is 14.8 Å². The van der Waals surface area contributed by atoms with Gasteiger partial charge in [-0.05, 0) is 43.6 Å². The Labute approximate surface area is 132 Å². The maximum absolute atomic E-state index is 11.9. The quantitative estimate of drug-likeness (QED) is 0.839. The van der Waals surface area contributed by atoms with Crippen molar-refractivity contribution in [3.8, 4) is 11.5 Å². The monoisotopic (exact) mass is 306 g/mol. The number of ether oxygens (including phenoxy) is 2. The smallest absolute Gasteiger partial charge is 0.221 e. The van der Waals surface area contributed by atoms with E-state index in [2.05, 4.69) is 10.2 Å². The normalized spacial score (nSPS) is 15.4. The molecule has 1 aromatic rings. The summed E-state index contributed by atoms with van der Waals surface area (Å²) >= 11 is 0. The van der Waals surface area contributed by atoms with Crippen LogP contribution in [-0.4, -0.2) is 44.7 Å². The van der Waals surface area contributed by atoms with Gasteiger partial charge in [0.05, 0.1) is 14.2 Å². The van der Waals surface area contributed by atoms with Gasteiger partial charge in [0.15, 0.2) is 11.5 Å². The molecule has 1 N–H and O–H groups in total. The molecule has 0 radical (unpaired) electrons. The summed E-state index contributed by atoms with van der Waals surface area (Å²) in [4.78, 5) is 14.3. The minimum Gasteiger partial charge on any atom is -0.493 e. The van der Waals surface area contributed by atoms with Crippen molar-refractivity contribution < 1.29 is 14.3 Å². The highest BCUT2D eigenvalue weighted by atomic mass is 16.5. The summed E-state index contributed by atoms with van der Waals surface area (Å²) in [6.45, 7) is 3.63. The Morgan fingerprint density at radius 2 is 1.86 bits per heavy atom. The number of rotatable bonds is 7. The molecule has 1 saturated heterocycles.